The number of nitrogens with one attached hydrogen (secondary N) is 1. The van der Waals surface area contributed by atoms with E-state index >= 15 is 0 Å². The second-order valence-electron chi connectivity index (χ2n) is 6.09. The topological polar surface area (TPSA) is 15.3 Å². The van der Waals surface area contributed by atoms with Gasteiger partial charge in [-0.25, -0.2) is 0 Å². The van der Waals surface area contributed by atoms with Gasteiger partial charge in [-0.3, -0.25) is 4.90 Å². The van der Waals surface area contributed by atoms with Gasteiger partial charge < -0.3 is 5.32 Å². The van der Waals surface area contributed by atoms with Gasteiger partial charge in [0, 0.05) is 23.5 Å². The minimum absolute atomic E-state index is 0.846. The van der Waals surface area contributed by atoms with Gasteiger partial charge in [-0.15, -0.1) is 11.3 Å². The van der Waals surface area contributed by atoms with Crippen LogP contribution in [0, 0.1) is 5.92 Å². The fourth-order valence-electron chi connectivity index (χ4n) is 3.20. The van der Waals surface area contributed by atoms with E-state index in [9.17, 15) is 0 Å². The Bertz CT molecular complexity index is 372. The summed E-state index contributed by atoms with van der Waals surface area (Å²) in [7, 11) is 0. The smallest absolute Gasteiger partial charge is 0.0333 e. The zero-order valence-corrected chi connectivity index (χ0v) is 12.8. The van der Waals surface area contributed by atoms with Crippen LogP contribution in [0.1, 0.15) is 43.9 Å². The van der Waals surface area contributed by atoms with E-state index in [2.05, 4.69) is 34.7 Å². The normalized spacial score (nSPS) is 26.6. The van der Waals surface area contributed by atoms with E-state index in [1.54, 1.807) is 4.88 Å². The molecule has 2 unspecified atom stereocenters. The summed E-state index contributed by atoms with van der Waals surface area (Å²) in [4.78, 5) is 4.35. The third kappa shape index (κ3) is 3.39. The lowest BCUT2D eigenvalue weighted by molar-refractivity contribution is 0.0493. The van der Waals surface area contributed by atoms with Gasteiger partial charge in [0.2, 0.25) is 0 Å². The lowest BCUT2D eigenvalue weighted by atomic mass is 9.78. The van der Waals surface area contributed by atoms with Crippen molar-refractivity contribution in [1.82, 2.24) is 10.2 Å². The molecule has 0 aromatic carbocycles. The van der Waals surface area contributed by atoms with Crippen molar-refractivity contribution in [2.24, 2.45) is 5.92 Å². The summed E-state index contributed by atoms with van der Waals surface area (Å²) >= 11 is 1.91. The molecule has 2 aliphatic rings. The molecule has 3 rings (SSSR count). The first-order valence-corrected chi connectivity index (χ1v) is 8.75. The number of rotatable bonds is 8. The van der Waals surface area contributed by atoms with E-state index in [1.807, 2.05) is 11.3 Å². The number of hydrogen-bond donors (Lipinski definition) is 1. The van der Waals surface area contributed by atoms with Crippen LogP contribution in [0.15, 0.2) is 17.5 Å². The fraction of sp³-hybridized carbons (Fsp3) is 0.750. The Labute approximate surface area is 121 Å². The summed E-state index contributed by atoms with van der Waals surface area (Å²) in [6.45, 7) is 5.85. The van der Waals surface area contributed by atoms with Crippen molar-refractivity contribution in [2.75, 3.05) is 13.1 Å². The highest BCUT2D eigenvalue weighted by Crippen LogP contribution is 2.40. The van der Waals surface area contributed by atoms with Crippen LogP contribution in [0.4, 0.5) is 0 Å². The van der Waals surface area contributed by atoms with Crippen molar-refractivity contribution in [1.29, 1.82) is 0 Å². The highest BCUT2D eigenvalue weighted by atomic mass is 32.1. The van der Waals surface area contributed by atoms with Gasteiger partial charge in [0.1, 0.15) is 0 Å². The molecule has 0 spiro atoms. The maximum atomic E-state index is 3.62. The molecule has 1 heterocycles. The SMILES string of the molecule is CCCNCC1CCC1N(Cc1cccs1)C1CC1. The Morgan fingerprint density at radius 3 is 2.79 bits per heavy atom. The molecule has 0 amide bonds. The summed E-state index contributed by atoms with van der Waals surface area (Å²) in [6, 6.07) is 6.22. The van der Waals surface area contributed by atoms with E-state index < -0.39 is 0 Å². The van der Waals surface area contributed by atoms with Crippen LogP contribution < -0.4 is 5.32 Å². The molecule has 2 nitrogen and oxygen atoms in total. The van der Waals surface area contributed by atoms with Crippen molar-refractivity contribution in [3.8, 4) is 0 Å². The maximum absolute atomic E-state index is 3.62. The first-order valence-electron chi connectivity index (χ1n) is 7.87. The van der Waals surface area contributed by atoms with Crippen LogP contribution in [-0.4, -0.2) is 30.1 Å². The molecule has 19 heavy (non-hydrogen) atoms. The monoisotopic (exact) mass is 278 g/mol. The fourth-order valence-corrected chi connectivity index (χ4v) is 3.91. The second-order valence-corrected chi connectivity index (χ2v) is 7.12. The molecular formula is C16H26N2S. The van der Waals surface area contributed by atoms with Crippen molar-refractivity contribution in [3.05, 3.63) is 22.4 Å². The summed E-state index contributed by atoms with van der Waals surface area (Å²) in [6.07, 6.45) is 6.95. The first kappa shape index (κ1) is 13.6. The van der Waals surface area contributed by atoms with Crippen LogP contribution >= 0.6 is 11.3 Å². The van der Waals surface area contributed by atoms with E-state index in [-0.39, 0.29) is 0 Å². The highest BCUT2D eigenvalue weighted by Gasteiger charge is 2.41. The third-order valence-corrected chi connectivity index (χ3v) is 5.43. The average Bonchev–Trinajstić information content (AvgIpc) is 3.11. The molecule has 1 aromatic rings. The Kier molecular flexibility index (Phi) is 4.57. The Morgan fingerprint density at radius 1 is 1.32 bits per heavy atom. The number of hydrogen-bond acceptors (Lipinski definition) is 3. The van der Waals surface area contributed by atoms with Crippen LogP contribution in [0.3, 0.4) is 0 Å². The highest BCUT2D eigenvalue weighted by molar-refractivity contribution is 7.09. The molecule has 2 aliphatic carbocycles. The zero-order valence-electron chi connectivity index (χ0n) is 12.0. The predicted molar refractivity (Wildman–Crippen MR) is 82.6 cm³/mol. The molecule has 1 N–H and O–H groups in total. The second kappa shape index (κ2) is 6.38. The molecule has 2 atom stereocenters. The molecule has 0 bridgehead atoms. The lowest BCUT2D eigenvalue weighted by Crippen LogP contribution is -2.51. The minimum Gasteiger partial charge on any atom is -0.316 e. The maximum Gasteiger partial charge on any atom is 0.0333 e. The molecule has 0 radical (unpaired) electrons. The van der Waals surface area contributed by atoms with Gasteiger partial charge in [-0.05, 0) is 62.6 Å². The van der Waals surface area contributed by atoms with Crippen molar-refractivity contribution < 1.29 is 0 Å². The molecule has 1 aromatic heterocycles. The predicted octanol–water partition coefficient (Wildman–Crippen LogP) is 3.49. The van der Waals surface area contributed by atoms with Crippen molar-refractivity contribution in [2.45, 2.75) is 57.7 Å². The Balaban J connectivity index is 1.54. The van der Waals surface area contributed by atoms with Gasteiger partial charge in [0.05, 0.1) is 0 Å². The van der Waals surface area contributed by atoms with E-state index in [0.29, 0.717) is 0 Å². The zero-order chi connectivity index (χ0) is 13.1. The van der Waals surface area contributed by atoms with Gasteiger partial charge in [-0.2, -0.15) is 0 Å². The molecule has 0 saturated heterocycles. The largest absolute Gasteiger partial charge is 0.316 e. The summed E-state index contributed by atoms with van der Waals surface area (Å²) < 4.78 is 0. The quantitative estimate of drug-likeness (QED) is 0.732. The van der Waals surface area contributed by atoms with E-state index in [0.717, 1.165) is 18.0 Å². The lowest BCUT2D eigenvalue weighted by Gasteiger charge is -2.45. The molecule has 106 valence electrons. The van der Waals surface area contributed by atoms with E-state index in [4.69, 9.17) is 0 Å². The molecular weight excluding hydrogens is 252 g/mol. The average molecular weight is 278 g/mol. The number of thiophene rings is 1. The van der Waals surface area contributed by atoms with Crippen LogP contribution in [-0.2, 0) is 6.54 Å². The summed E-state index contributed by atoms with van der Waals surface area (Å²) in [5.41, 5.74) is 0. The summed E-state index contributed by atoms with van der Waals surface area (Å²) in [5.74, 6) is 0.895. The van der Waals surface area contributed by atoms with Crippen LogP contribution in [0.2, 0.25) is 0 Å². The number of nitrogens with zero attached hydrogens (tertiary/aromatic N) is 1. The van der Waals surface area contributed by atoms with Gasteiger partial charge >= 0.3 is 0 Å². The standard InChI is InChI=1S/C16H26N2S/c1-2-9-17-11-13-5-8-16(13)18(14-6-7-14)12-15-4-3-10-19-15/h3-4,10,13-14,16-17H,2,5-9,11-12H2,1H3. The van der Waals surface area contributed by atoms with Crippen LogP contribution in [0.25, 0.3) is 0 Å². The minimum atomic E-state index is 0.846. The van der Waals surface area contributed by atoms with Gasteiger partial charge in [-0.1, -0.05) is 13.0 Å². The van der Waals surface area contributed by atoms with E-state index in [1.165, 1.54) is 51.7 Å². The molecule has 3 heteroatoms. The Hall–Kier alpha value is -0.380. The Morgan fingerprint density at radius 2 is 2.21 bits per heavy atom. The van der Waals surface area contributed by atoms with Crippen LogP contribution in [0.5, 0.6) is 0 Å². The van der Waals surface area contributed by atoms with Gasteiger partial charge in [0.15, 0.2) is 0 Å². The summed E-state index contributed by atoms with van der Waals surface area (Å²) in [5, 5.41) is 5.83. The van der Waals surface area contributed by atoms with Crippen molar-refractivity contribution >= 4 is 11.3 Å². The molecule has 0 aliphatic heterocycles. The first-order chi connectivity index (χ1) is 9.38. The van der Waals surface area contributed by atoms with Crippen molar-refractivity contribution in [3.63, 3.8) is 0 Å². The third-order valence-electron chi connectivity index (χ3n) is 4.57. The van der Waals surface area contributed by atoms with Gasteiger partial charge in [0.25, 0.3) is 0 Å². The molecule has 2 fully saturated rings. The molecule has 2 saturated carbocycles.